The number of hydrogen-bond donors (Lipinski definition) is 5. The van der Waals surface area contributed by atoms with E-state index >= 15 is 0 Å². The largest absolute Gasteiger partial charge is 0.507 e. The number of hydrogen-bond acceptors (Lipinski definition) is 17. The van der Waals surface area contributed by atoms with E-state index in [1.807, 2.05) is 81.7 Å². The van der Waals surface area contributed by atoms with E-state index in [0.29, 0.717) is 58.8 Å². The molecule has 7 aliphatic rings. The molecule has 3 aromatic heterocycles. The summed E-state index contributed by atoms with van der Waals surface area (Å²) in [5.74, 6) is 1.16. The number of phenolic OH excluding ortho intramolecular Hbond substituents is 1. The summed E-state index contributed by atoms with van der Waals surface area (Å²) in [5, 5.41) is 49.9. The molecule has 2 bridgehead atoms. The van der Waals surface area contributed by atoms with Crippen molar-refractivity contribution in [3.8, 4) is 27.4 Å². The van der Waals surface area contributed by atoms with Crippen LogP contribution in [0.3, 0.4) is 0 Å². The number of amides is 2. The molecule has 1 spiro atoms. The summed E-state index contributed by atoms with van der Waals surface area (Å²) in [6.45, 7) is 17.4. The van der Waals surface area contributed by atoms with Gasteiger partial charge in [-0.05, 0) is 144 Å². The number of carbonyl (C=O) groups is 2. The van der Waals surface area contributed by atoms with Gasteiger partial charge >= 0.3 is 0 Å². The van der Waals surface area contributed by atoms with E-state index in [1.165, 1.54) is 25.7 Å². The Morgan fingerprint density at radius 2 is 1.62 bits per heavy atom. The van der Waals surface area contributed by atoms with Crippen molar-refractivity contribution in [2.45, 2.75) is 146 Å². The van der Waals surface area contributed by atoms with Crippen LogP contribution in [-0.2, 0) is 9.59 Å². The number of aliphatic hydroxyl groups is 2. The van der Waals surface area contributed by atoms with E-state index in [2.05, 4.69) is 50.2 Å². The number of para-hydroxylation sites is 1. The molecule has 1 saturated carbocycles. The topological polar surface area (TPSA) is 217 Å². The van der Waals surface area contributed by atoms with Crippen molar-refractivity contribution < 1.29 is 29.4 Å². The van der Waals surface area contributed by atoms with Gasteiger partial charge in [0.2, 0.25) is 11.8 Å². The summed E-state index contributed by atoms with van der Waals surface area (Å²) in [4.78, 5) is 47.9. The molecule has 7 atom stereocenters. The number of benzene rings is 2. The highest BCUT2D eigenvalue weighted by Gasteiger charge is 2.52. The maximum absolute atomic E-state index is 14.4. The first-order valence-corrected chi connectivity index (χ1v) is 30.6. The fourth-order valence-corrected chi connectivity index (χ4v) is 15.9. The average Bonchev–Trinajstić information content (AvgIpc) is 4.31. The molecule has 2 unspecified atom stereocenters. The van der Waals surface area contributed by atoms with Gasteiger partial charge in [-0.1, -0.05) is 55.4 Å². The average molecular weight is 1110 g/mol. The number of β-amino-alcohol motifs (C(OH)–C–C–N with tert-alkyl or cyclic N) is 2. The first-order chi connectivity index (χ1) is 38.6. The number of fused-ring (bicyclic) bond motifs is 2. The van der Waals surface area contributed by atoms with Crippen molar-refractivity contribution in [1.29, 1.82) is 0 Å². The Balaban J connectivity index is 0.582. The lowest BCUT2D eigenvalue weighted by Crippen LogP contribution is -2.64. The second-order valence-electron chi connectivity index (χ2n) is 25.4. The number of nitrogens with two attached hydrogens (primary N) is 1. The molecular weight excluding hydrogens is 1030 g/mol. The Kier molecular flexibility index (Phi) is 15.5. The van der Waals surface area contributed by atoms with E-state index in [4.69, 9.17) is 10.3 Å². The Morgan fingerprint density at radius 1 is 0.887 bits per heavy atom. The van der Waals surface area contributed by atoms with E-state index in [1.54, 1.807) is 28.4 Å². The molecule has 6 saturated heterocycles. The summed E-state index contributed by atoms with van der Waals surface area (Å²) in [6, 6.07) is 19.3. The van der Waals surface area contributed by atoms with Crippen LogP contribution < -0.4 is 20.9 Å². The number of phenols is 1. The number of likely N-dealkylation sites (tertiary alicyclic amines) is 3. The molecule has 80 heavy (non-hydrogen) atoms. The molecule has 428 valence electrons. The summed E-state index contributed by atoms with van der Waals surface area (Å²) in [6.07, 6.45) is 10.6. The number of aryl methyl sites for hydroxylation is 1. The van der Waals surface area contributed by atoms with Gasteiger partial charge in [0.1, 0.15) is 17.7 Å². The molecule has 12 rings (SSSR count). The van der Waals surface area contributed by atoms with Crippen LogP contribution in [0, 0.1) is 24.2 Å². The van der Waals surface area contributed by atoms with Crippen molar-refractivity contribution in [2.24, 2.45) is 17.3 Å². The number of nitrogens with one attached hydrogen (secondary N) is 1. The minimum absolute atomic E-state index is 0.0899. The van der Waals surface area contributed by atoms with Gasteiger partial charge in [0.25, 0.3) is 0 Å². The molecular formula is C61H82N12O6S. The molecule has 6 N–H and O–H groups in total. The second-order valence-corrected chi connectivity index (χ2v) is 26.3. The number of nitrogens with zero attached hydrogens (tertiary/aromatic N) is 10. The summed E-state index contributed by atoms with van der Waals surface area (Å²) in [7, 11) is 0. The maximum atomic E-state index is 14.4. The van der Waals surface area contributed by atoms with Crippen LogP contribution in [0.5, 0.6) is 5.75 Å². The van der Waals surface area contributed by atoms with Gasteiger partial charge in [-0.15, -0.1) is 21.5 Å². The number of aromatic hydroxyl groups is 1. The van der Waals surface area contributed by atoms with Crippen LogP contribution in [0.2, 0.25) is 0 Å². The van der Waals surface area contributed by atoms with Gasteiger partial charge in [-0.3, -0.25) is 19.4 Å². The van der Waals surface area contributed by atoms with Gasteiger partial charge in [0.15, 0.2) is 17.4 Å². The summed E-state index contributed by atoms with van der Waals surface area (Å²) < 4.78 is 5.98. The minimum Gasteiger partial charge on any atom is -0.507 e. The number of rotatable bonds is 15. The van der Waals surface area contributed by atoms with Gasteiger partial charge in [0, 0.05) is 88.5 Å². The monoisotopic (exact) mass is 1110 g/mol. The lowest BCUT2D eigenvalue weighted by molar-refractivity contribution is -0.141. The standard InChI is InChI=1S/C61H82N12O6S/c1-38(2)55(59(77)72-34-47(74)26-51(72)58(76)64-39(3)42-10-12-43(13-11-42)56-40(4)63-37-80-56)53-28-54(67-79-53)69-22-16-41(17-23-69)31-68-24-19-60(20-25-68)29-46(30-60)70-21-7-18-61(78,35-70)36-73-44-14-15-45(73)33-71(32-44)50-27-49(65-66-57(50)62)48-8-5-6-9-52(48)75/h5-6,8-13,27-28,37-39,41,44-47,51,55,74-75,78H,7,14-26,29-36H2,1-4H3,(H2,62,66)(H,64,76)/t39-,44?,45?,47+,51-,55+,61+/m0/s1. The molecule has 19 heteroatoms. The fourth-order valence-electron chi connectivity index (χ4n) is 15.1. The Morgan fingerprint density at radius 3 is 2.33 bits per heavy atom. The predicted molar refractivity (Wildman–Crippen MR) is 310 cm³/mol. The number of aromatic nitrogens is 4. The number of piperidine rings is 3. The third-order valence-electron chi connectivity index (χ3n) is 19.6. The fraction of sp³-hybridized carbons (Fsp3) is 0.607. The van der Waals surface area contributed by atoms with Crippen LogP contribution in [0.25, 0.3) is 21.7 Å². The van der Waals surface area contributed by atoms with Crippen LogP contribution in [0.1, 0.15) is 120 Å². The molecule has 9 heterocycles. The lowest BCUT2D eigenvalue weighted by Gasteiger charge is -2.57. The van der Waals surface area contributed by atoms with Gasteiger partial charge in [-0.25, -0.2) is 4.98 Å². The van der Waals surface area contributed by atoms with E-state index in [-0.39, 0.29) is 42.5 Å². The van der Waals surface area contributed by atoms with E-state index in [0.717, 1.165) is 131 Å². The first kappa shape index (κ1) is 54.9. The third kappa shape index (κ3) is 11.2. The van der Waals surface area contributed by atoms with Crippen molar-refractivity contribution >= 4 is 40.5 Å². The van der Waals surface area contributed by atoms with Crippen molar-refractivity contribution in [3.05, 3.63) is 83.2 Å². The Bertz CT molecular complexity index is 2970. The highest BCUT2D eigenvalue weighted by Crippen LogP contribution is 2.52. The molecule has 0 radical (unpaired) electrons. The normalized spacial score (nSPS) is 26.8. The molecule has 2 aromatic carbocycles. The SMILES string of the molecule is Cc1ncsc1-c1ccc([C@H](C)NC(=O)[C@@H]2C[C@@H](O)CN2C(=O)[C@@H](c2cc(N3CCC(CN4CCC5(CC4)CC(N4CCC[C@](O)(CN6C7CCC6CN(c6cc(-c8ccccc8O)nnc6N)C7)C4)C5)CC3)no2)C(C)C)cc1. The number of nitrogen functional groups attached to an aromatic ring is 1. The number of thiazole rings is 1. The Hall–Kier alpha value is -5.70. The smallest absolute Gasteiger partial charge is 0.243 e. The van der Waals surface area contributed by atoms with Crippen LogP contribution >= 0.6 is 11.3 Å². The number of aliphatic hydroxyl groups excluding tert-OH is 1. The van der Waals surface area contributed by atoms with Crippen molar-refractivity contribution in [2.75, 3.05) is 87.5 Å². The zero-order valence-corrected chi connectivity index (χ0v) is 47.9. The maximum Gasteiger partial charge on any atom is 0.243 e. The van der Waals surface area contributed by atoms with Crippen LogP contribution in [-0.4, -0.2) is 175 Å². The zero-order valence-electron chi connectivity index (χ0n) is 47.1. The lowest BCUT2D eigenvalue weighted by atomic mass is 9.59. The van der Waals surface area contributed by atoms with E-state index < -0.39 is 23.7 Å². The highest BCUT2D eigenvalue weighted by atomic mass is 32.1. The Labute approximate surface area is 474 Å². The minimum atomic E-state index is -0.799. The summed E-state index contributed by atoms with van der Waals surface area (Å²) in [5.41, 5.74) is 13.1. The van der Waals surface area contributed by atoms with Gasteiger partial charge in [0.05, 0.1) is 45.2 Å². The van der Waals surface area contributed by atoms with Crippen LogP contribution in [0.4, 0.5) is 17.3 Å². The molecule has 2 amide bonds. The molecule has 18 nitrogen and oxygen atoms in total. The van der Waals surface area contributed by atoms with Crippen molar-refractivity contribution in [3.63, 3.8) is 0 Å². The number of anilines is 3. The van der Waals surface area contributed by atoms with Gasteiger partial charge < -0.3 is 50.5 Å². The van der Waals surface area contributed by atoms with Crippen LogP contribution in [0.15, 0.2) is 70.7 Å². The number of carbonyl (C=O) groups excluding carboxylic acids is 2. The molecule has 6 aliphatic heterocycles. The quantitative estimate of drug-likeness (QED) is 0.0708. The number of piperazine rings is 1. The van der Waals surface area contributed by atoms with E-state index in [9.17, 15) is 24.9 Å². The molecule has 7 fully saturated rings. The first-order valence-electron chi connectivity index (χ1n) is 29.7. The molecule has 1 aliphatic carbocycles. The van der Waals surface area contributed by atoms with Gasteiger partial charge in [-0.2, -0.15) is 0 Å². The van der Waals surface area contributed by atoms with Crippen molar-refractivity contribution in [1.82, 2.24) is 45.3 Å². The molecule has 5 aromatic rings. The second kappa shape index (κ2) is 22.6. The highest BCUT2D eigenvalue weighted by molar-refractivity contribution is 7.13. The third-order valence-corrected chi connectivity index (χ3v) is 20.6. The summed E-state index contributed by atoms with van der Waals surface area (Å²) >= 11 is 1.60. The zero-order chi connectivity index (χ0) is 55.5. The predicted octanol–water partition coefficient (Wildman–Crippen LogP) is 7.07.